The summed E-state index contributed by atoms with van der Waals surface area (Å²) < 4.78 is 0. The first-order valence-electron chi connectivity index (χ1n) is 7.00. The summed E-state index contributed by atoms with van der Waals surface area (Å²) in [5, 5.41) is 29.0. The molecule has 0 aliphatic carbocycles. The Bertz CT molecular complexity index is 322. The van der Waals surface area contributed by atoms with Crippen LogP contribution in [-0.4, -0.2) is 53.3 Å². The fraction of sp³-hybridized carbons (Fsp3) is 0.714. The van der Waals surface area contributed by atoms with E-state index < -0.39 is 5.97 Å². The number of carboxylic acid groups (broad SMARTS) is 1. The predicted molar refractivity (Wildman–Crippen MR) is 76.5 cm³/mol. The molecule has 2 N–H and O–H groups in total. The van der Waals surface area contributed by atoms with Gasteiger partial charge in [0.05, 0.1) is 13.2 Å². The molecule has 0 amide bonds. The molecule has 0 spiro atoms. The topological polar surface area (TPSA) is 96.2 Å². The molecular formula is C14H25LiN2O4. The van der Waals surface area contributed by atoms with Crippen molar-refractivity contribution in [3.63, 3.8) is 0 Å². The maximum atomic E-state index is 11.5. The van der Waals surface area contributed by atoms with Crippen LogP contribution in [0.1, 0.15) is 39.0 Å². The molecule has 0 radical (unpaired) electrons. The van der Waals surface area contributed by atoms with Crippen molar-refractivity contribution in [2.24, 2.45) is 4.99 Å². The third-order valence-electron chi connectivity index (χ3n) is 2.62. The molecule has 6 nitrogen and oxygen atoms in total. The average Bonchev–Trinajstić information content (AvgIpc) is 2.41. The number of unbranched alkanes of at least 4 members (excludes halogenated alkanes) is 2. The van der Waals surface area contributed by atoms with Gasteiger partial charge in [0.2, 0.25) is 0 Å². The number of rotatable bonds is 12. The third kappa shape index (κ3) is 15.4. The largest absolute Gasteiger partial charge is 1.00 e. The zero-order chi connectivity index (χ0) is 15.2. The Morgan fingerprint density at radius 3 is 2.62 bits per heavy atom. The first-order valence-corrected chi connectivity index (χ1v) is 7.00. The molecule has 0 aliphatic rings. The number of carbonyl (C=O) groups is 1. The van der Waals surface area contributed by atoms with Crippen molar-refractivity contribution >= 4 is 11.9 Å². The van der Waals surface area contributed by atoms with Crippen molar-refractivity contribution < 1.29 is 39.0 Å². The molecule has 0 saturated heterocycles. The SMILES string of the molecule is CCCC/C=C/CC([O-])=NCN(CCCO)CC(=O)O.[Li+]. The van der Waals surface area contributed by atoms with Crippen LogP contribution in [0.5, 0.6) is 0 Å². The second kappa shape index (κ2) is 15.6. The summed E-state index contributed by atoms with van der Waals surface area (Å²) >= 11 is 0. The minimum atomic E-state index is -0.968. The van der Waals surface area contributed by atoms with Crippen LogP contribution in [0.4, 0.5) is 0 Å². The van der Waals surface area contributed by atoms with Crippen molar-refractivity contribution in [1.29, 1.82) is 0 Å². The molecule has 0 aliphatic heterocycles. The van der Waals surface area contributed by atoms with Crippen molar-refractivity contribution in [2.75, 3.05) is 26.4 Å². The van der Waals surface area contributed by atoms with E-state index in [9.17, 15) is 9.90 Å². The molecule has 0 aromatic carbocycles. The van der Waals surface area contributed by atoms with Crippen LogP contribution in [-0.2, 0) is 4.79 Å². The van der Waals surface area contributed by atoms with Crippen LogP contribution in [0.2, 0.25) is 0 Å². The molecule has 116 valence electrons. The smallest absolute Gasteiger partial charge is 0.862 e. The Morgan fingerprint density at radius 1 is 1.33 bits per heavy atom. The molecule has 0 aromatic heterocycles. The van der Waals surface area contributed by atoms with Crippen molar-refractivity contribution in [1.82, 2.24) is 4.90 Å². The molecule has 0 heterocycles. The van der Waals surface area contributed by atoms with Crippen molar-refractivity contribution in [2.45, 2.75) is 39.0 Å². The first kappa shape index (κ1) is 22.5. The van der Waals surface area contributed by atoms with Crippen LogP contribution in [0.25, 0.3) is 0 Å². The van der Waals surface area contributed by atoms with Gasteiger partial charge in [-0.2, -0.15) is 0 Å². The molecule has 0 bridgehead atoms. The molecule has 0 rings (SSSR count). The van der Waals surface area contributed by atoms with Crippen LogP contribution in [0.15, 0.2) is 17.1 Å². The Hall–Kier alpha value is -0.803. The van der Waals surface area contributed by atoms with Crippen molar-refractivity contribution in [3.8, 4) is 0 Å². The standard InChI is InChI=1S/C14H26N2O4.Li/c1-2-3-4-5-6-8-13(18)15-12-16(9-7-10-17)11-14(19)20;/h5-6,17H,2-4,7-12H2,1H3,(H,15,18)(H,19,20);/q;+1/p-1/b6-5+;. The monoisotopic (exact) mass is 292 g/mol. The summed E-state index contributed by atoms with van der Waals surface area (Å²) in [6, 6.07) is 0. The zero-order valence-corrected chi connectivity index (χ0v) is 13.1. The van der Waals surface area contributed by atoms with Gasteiger partial charge < -0.3 is 15.3 Å². The summed E-state index contributed by atoms with van der Waals surface area (Å²) in [5.41, 5.74) is 0. The molecule has 0 aromatic rings. The van der Waals surface area contributed by atoms with Gasteiger partial charge in [-0.1, -0.05) is 31.9 Å². The van der Waals surface area contributed by atoms with Gasteiger partial charge in [-0.15, -0.1) is 0 Å². The number of hydrogen-bond acceptors (Lipinski definition) is 5. The molecule has 0 atom stereocenters. The van der Waals surface area contributed by atoms with Gasteiger partial charge in [0.25, 0.3) is 0 Å². The van der Waals surface area contributed by atoms with E-state index in [1.165, 1.54) is 4.90 Å². The second-order valence-corrected chi connectivity index (χ2v) is 4.53. The van der Waals surface area contributed by atoms with Gasteiger partial charge in [0.1, 0.15) is 0 Å². The molecule has 7 heteroatoms. The number of aliphatic hydroxyl groups excluding tert-OH is 1. The molecule has 0 unspecified atom stereocenters. The fourth-order valence-electron chi connectivity index (χ4n) is 1.55. The predicted octanol–water partition coefficient (Wildman–Crippen LogP) is -2.39. The van der Waals surface area contributed by atoms with Gasteiger partial charge in [-0.3, -0.25) is 14.7 Å². The summed E-state index contributed by atoms with van der Waals surface area (Å²) in [7, 11) is 0. The number of hydrogen-bond donors (Lipinski definition) is 2. The summed E-state index contributed by atoms with van der Waals surface area (Å²) in [4.78, 5) is 16.0. The van der Waals surface area contributed by atoms with E-state index in [-0.39, 0.29) is 51.0 Å². The van der Waals surface area contributed by atoms with E-state index in [0.717, 1.165) is 19.3 Å². The van der Waals surface area contributed by atoms with Crippen LogP contribution in [0.3, 0.4) is 0 Å². The quantitative estimate of drug-likeness (QED) is 0.138. The van der Waals surface area contributed by atoms with E-state index in [1.54, 1.807) is 6.08 Å². The van der Waals surface area contributed by atoms with E-state index in [0.29, 0.717) is 13.0 Å². The number of aliphatic imine (C=N–C) groups is 1. The van der Waals surface area contributed by atoms with Crippen molar-refractivity contribution in [3.05, 3.63) is 12.2 Å². The fourth-order valence-corrected chi connectivity index (χ4v) is 1.55. The summed E-state index contributed by atoms with van der Waals surface area (Å²) in [6.07, 6.45) is 7.69. The second-order valence-electron chi connectivity index (χ2n) is 4.53. The van der Waals surface area contributed by atoms with Gasteiger partial charge in [-0.25, -0.2) is 0 Å². The maximum absolute atomic E-state index is 11.5. The van der Waals surface area contributed by atoms with Gasteiger partial charge in [-0.05, 0) is 25.2 Å². The van der Waals surface area contributed by atoms with Crippen LogP contribution in [0, 0.1) is 0 Å². The Kier molecular flexibility index (Phi) is 16.7. The number of allylic oxidation sites excluding steroid dienone is 1. The minimum absolute atomic E-state index is 0. The maximum Gasteiger partial charge on any atom is 1.00 e. The zero-order valence-electron chi connectivity index (χ0n) is 13.1. The molecule has 0 saturated carbocycles. The molecular weight excluding hydrogens is 267 g/mol. The molecule has 21 heavy (non-hydrogen) atoms. The van der Waals surface area contributed by atoms with E-state index in [1.807, 2.05) is 6.08 Å². The van der Waals surface area contributed by atoms with Gasteiger partial charge in [0, 0.05) is 13.2 Å². The number of aliphatic hydroxyl groups is 1. The van der Waals surface area contributed by atoms with Crippen LogP contribution < -0.4 is 24.0 Å². The summed E-state index contributed by atoms with van der Waals surface area (Å²) in [6.45, 7) is 2.39. The Labute approximate surface area is 138 Å². The number of nitrogens with zero attached hydrogens (tertiary/aromatic N) is 2. The first-order chi connectivity index (χ1) is 9.60. The van der Waals surface area contributed by atoms with Gasteiger partial charge in [0.15, 0.2) is 0 Å². The average molecular weight is 292 g/mol. The van der Waals surface area contributed by atoms with E-state index in [4.69, 9.17) is 10.2 Å². The molecule has 0 fully saturated rings. The summed E-state index contributed by atoms with van der Waals surface area (Å²) in [5.74, 6) is -1.22. The normalized spacial score (nSPS) is 11.9. The number of aliphatic carboxylic acids is 1. The Morgan fingerprint density at radius 2 is 2.05 bits per heavy atom. The van der Waals surface area contributed by atoms with E-state index in [2.05, 4.69) is 11.9 Å². The number of carboxylic acids is 1. The van der Waals surface area contributed by atoms with Gasteiger partial charge >= 0.3 is 24.8 Å². The van der Waals surface area contributed by atoms with E-state index >= 15 is 0 Å². The Balaban J connectivity index is 0. The third-order valence-corrected chi connectivity index (χ3v) is 2.62. The van der Waals surface area contributed by atoms with Crippen LogP contribution >= 0.6 is 0 Å². The minimum Gasteiger partial charge on any atom is -0.862 e.